The van der Waals surface area contributed by atoms with Crippen LogP contribution in [0.4, 0.5) is 10.5 Å². The molecule has 3 rings (SSSR count). The van der Waals surface area contributed by atoms with Gasteiger partial charge < -0.3 is 24.4 Å². The maximum Gasteiger partial charge on any atom is 0.410 e. The van der Waals surface area contributed by atoms with Gasteiger partial charge in [0.25, 0.3) is 0 Å². The fourth-order valence-corrected chi connectivity index (χ4v) is 3.50. The number of benzene rings is 2. The van der Waals surface area contributed by atoms with E-state index in [1.54, 1.807) is 18.1 Å². The highest BCUT2D eigenvalue weighted by molar-refractivity contribution is 6.30. The van der Waals surface area contributed by atoms with Crippen molar-refractivity contribution in [1.82, 2.24) is 4.90 Å². The first-order valence-electron chi connectivity index (χ1n) is 10.1. The summed E-state index contributed by atoms with van der Waals surface area (Å²) in [6, 6.07) is 12.9. The topological polar surface area (TPSA) is 60.0 Å². The summed E-state index contributed by atoms with van der Waals surface area (Å²) in [4.78, 5) is 14.3. The number of ether oxygens (including phenoxy) is 3. The molecule has 1 aliphatic rings. The number of anilines is 1. The minimum Gasteiger partial charge on any atom is -0.497 e. The molecular formula is C23H29ClN2O4. The molecule has 0 radical (unpaired) electrons. The maximum atomic E-state index is 12.5. The first-order chi connectivity index (χ1) is 14.2. The number of hydrogen-bond donors (Lipinski definition) is 1. The average Bonchev–Trinajstić information content (AvgIpc) is 3.15. The molecule has 162 valence electrons. The van der Waals surface area contributed by atoms with E-state index >= 15 is 0 Å². The van der Waals surface area contributed by atoms with Gasteiger partial charge in [0.15, 0.2) is 5.75 Å². The third kappa shape index (κ3) is 5.95. The van der Waals surface area contributed by atoms with Crippen LogP contribution in [0, 0.1) is 0 Å². The SMILES string of the molecule is COc1ccc(Oc2cc(Cl)ccc2NC[C@@H]2CCCN2C(=O)OC(C)(C)C)cc1. The van der Waals surface area contributed by atoms with Gasteiger partial charge in [-0.25, -0.2) is 4.79 Å². The van der Waals surface area contributed by atoms with Gasteiger partial charge in [-0.15, -0.1) is 0 Å². The lowest BCUT2D eigenvalue weighted by Crippen LogP contribution is -2.42. The highest BCUT2D eigenvalue weighted by Gasteiger charge is 2.32. The van der Waals surface area contributed by atoms with Crippen LogP contribution in [0.25, 0.3) is 0 Å². The maximum absolute atomic E-state index is 12.5. The standard InChI is InChI=1S/C23H29ClN2O4/c1-23(2,3)30-22(27)26-13-5-6-17(26)15-25-20-12-7-16(24)14-21(20)29-19-10-8-18(28-4)9-11-19/h7-12,14,17,25H,5-6,13,15H2,1-4H3/t17-/m0/s1. The predicted octanol–water partition coefficient (Wildman–Crippen LogP) is 5.95. The Morgan fingerprint density at radius 3 is 2.53 bits per heavy atom. The van der Waals surface area contributed by atoms with E-state index in [0.717, 1.165) is 24.3 Å². The first kappa shape index (κ1) is 22.1. The average molecular weight is 433 g/mol. The molecule has 0 spiro atoms. The number of amides is 1. The number of carbonyl (C=O) groups is 1. The summed E-state index contributed by atoms with van der Waals surface area (Å²) >= 11 is 6.19. The van der Waals surface area contributed by atoms with Crippen molar-refractivity contribution in [2.24, 2.45) is 0 Å². The van der Waals surface area contributed by atoms with Crippen LogP contribution in [0.1, 0.15) is 33.6 Å². The van der Waals surface area contributed by atoms with Crippen molar-refractivity contribution in [3.05, 3.63) is 47.5 Å². The van der Waals surface area contributed by atoms with E-state index in [4.69, 9.17) is 25.8 Å². The summed E-state index contributed by atoms with van der Waals surface area (Å²) in [5.41, 5.74) is 0.305. The number of rotatable bonds is 6. The van der Waals surface area contributed by atoms with Gasteiger partial charge in [0, 0.05) is 24.2 Å². The summed E-state index contributed by atoms with van der Waals surface area (Å²) in [5, 5.41) is 4.00. The molecule has 1 aliphatic heterocycles. The molecule has 1 N–H and O–H groups in total. The van der Waals surface area contributed by atoms with Crippen molar-refractivity contribution >= 4 is 23.4 Å². The fourth-order valence-electron chi connectivity index (χ4n) is 3.33. The molecule has 1 saturated heterocycles. The zero-order valence-electron chi connectivity index (χ0n) is 17.9. The fraction of sp³-hybridized carbons (Fsp3) is 0.435. The Morgan fingerprint density at radius 1 is 1.17 bits per heavy atom. The van der Waals surface area contributed by atoms with Gasteiger partial charge >= 0.3 is 6.09 Å². The number of hydrogen-bond acceptors (Lipinski definition) is 5. The van der Waals surface area contributed by atoms with Crippen LogP contribution in [-0.4, -0.2) is 42.8 Å². The molecule has 6 nitrogen and oxygen atoms in total. The second kappa shape index (κ2) is 9.47. The van der Waals surface area contributed by atoms with Crippen LogP contribution in [0.2, 0.25) is 5.02 Å². The van der Waals surface area contributed by atoms with Gasteiger partial charge in [0.1, 0.15) is 17.1 Å². The monoisotopic (exact) mass is 432 g/mol. The summed E-state index contributed by atoms with van der Waals surface area (Å²) in [7, 11) is 1.62. The van der Waals surface area contributed by atoms with Gasteiger partial charge in [0.2, 0.25) is 0 Å². The van der Waals surface area contributed by atoms with Gasteiger partial charge in [-0.2, -0.15) is 0 Å². The van der Waals surface area contributed by atoms with Crippen molar-refractivity contribution in [1.29, 1.82) is 0 Å². The molecule has 0 saturated carbocycles. The lowest BCUT2D eigenvalue weighted by molar-refractivity contribution is 0.0235. The van der Waals surface area contributed by atoms with Crippen LogP contribution >= 0.6 is 11.6 Å². The normalized spacial score (nSPS) is 16.3. The lowest BCUT2D eigenvalue weighted by Gasteiger charge is -2.29. The van der Waals surface area contributed by atoms with Gasteiger partial charge in [-0.05, 0) is 70.0 Å². The Hall–Kier alpha value is -2.60. The quantitative estimate of drug-likeness (QED) is 0.610. The van der Waals surface area contributed by atoms with Crippen LogP contribution in [0.3, 0.4) is 0 Å². The van der Waals surface area contributed by atoms with E-state index in [9.17, 15) is 4.79 Å². The number of methoxy groups -OCH3 is 1. The highest BCUT2D eigenvalue weighted by Crippen LogP contribution is 2.33. The minimum atomic E-state index is -0.507. The molecule has 30 heavy (non-hydrogen) atoms. The van der Waals surface area contributed by atoms with E-state index in [1.165, 1.54) is 0 Å². The lowest BCUT2D eigenvalue weighted by atomic mass is 10.2. The molecule has 7 heteroatoms. The largest absolute Gasteiger partial charge is 0.497 e. The molecule has 1 atom stereocenters. The zero-order chi connectivity index (χ0) is 21.7. The number of carbonyl (C=O) groups excluding carboxylic acids is 1. The molecule has 1 fully saturated rings. The third-order valence-electron chi connectivity index (χ3n) is 4.76. The first-order valence-corrected chi connectivity index (χ1v) is 10.5. The molecule has 0 aromatic heterocycles. The third-order valence-corrected chi connectivity index (χ3v) is 5.00. The molecule has 2 aromatic carbocycles. The van der Waals surface area contributed by atoms with Crippen LogP contribution in [-0.2, 0) is 4.74 Å². The molecule has 2 aromatic rings. The van der Waals surface area contributed by atoms with Gasteiger partial charge in [-0.3, -0.25) is 0 Å². The second-order valence-electron chi connectivity index (χ2n) is 8.27. The Labute approximate surface area is 183 Å². The van der Waals surface area contributed by atoms with E-state index in [2.05, 4.69) is 5.32 Å². The van der Waals surface area contributed by atoms with Crippen LogP contribution in [0.5, 0.6) is 17.2 Å². The molecule has 0 unspecified atom stereocenters. The molecule has 0 bridgehead atoms. The molecule has 0 aliphatic carbocycles. The van der Waals surface area contributed by atoms with Crippen molar-refractivity contribution < 1.29 is 19.0 Å². The minimum absolute atomic E-state index is 0.0596. The van der Waals surface area contributed by atoms with Crippen molar-refractivity contribution in [3.8, 4) is 17.2 Å². The van der Waals surface area contributed by atoms with Crippen LogP contribution in [0.15, 0.2) is 42.5 Å². The van der Waals surface area contributed by atoms with E-state index in [-0.39, 0.29) is 12.1 Å². The van der Waals surface area contributed by atoms with E-state index < -0.39 is 5.60 Å². The Kier molecular flexibility index (Phi) is 6.98. The molecular weight excluding hydrogens is 404 g/mol. The number of halogens is 1. The second-order valence-corrected chi connectivity index (χ2v) is 8.71. The highest BCUT2D eigenvalue weighted by atomic mass is 35.5. The summed E-state index contributed by atoms with van der Waals surface area (Å²) in [6.45, 7) is 6.94. The van der Waals surface area contributed by atoms with Gasteiger partial charge in [0.05, 0.1) is 18.8 Å². The zero-order valence-corrected chi connectivity index (χ0v) is 18.7. The summed E-state index contributed by atoms with van der Waals surface area (Å²) in [5.74, 6) is 2.06. The van der Waals surface area contributed by atoms with Crippen LogP contribution < -0.4 is 14.8 Å². The number of nitrogens with one attached hydrogen (secondary N) is 1. The molecule has 1 heterocycles. The van der Waals surface area contributed by atoms with E-state index in [0.29, 0.717) is 29.6 Å². The van der Waals surface area contributed by atoms with Crippen molar-refractivity contribution in [3.63, 3.8) is 0 Å². The molecule has 1 amide bonds. The Balaban J connectivity index is 1.68. The summed E-state index contributed by atoms with van der Waals surface area (Å²) in [6.07, 6.45) is 1.62. The van der Waals surface area contributed by atoms with Gasteiger partial charge in [-0.1, -0.05) is 11.6 Å². The Morgan fingerprint density at radius 2 is 1.87 bits per heavy atom. The number of likely N-dealkylation sites (tertiary alicyclic amines) is 1. The Bertz CT molecular complexity index is 864. The smallest absolute Gasteiger partial charge is 0.410 e. The summed E-state index contributed by atoms with van der Waals surface area (Å²) < 4.78 is 16.8. The van der Waals surface area contributed by atoms with Crippen molar-refractivity contribution in [2.45, 2.75) is 45.3 Å². The van der Waals surface area contributed by atoms with E-state index in [1.807, 2.05) is 57.2 Å². The predicted molar refractivity (Wildman–Crippen MR) is 119 cm³/mol. The number of nitrogens with zero attached hydrogens (tertiary/aromatic N) is 1. The van der Waals surface area contributed by atoms with Crippen molar-refractivity contribution in [2.75, 3.05) is 25.5 Å².